The normalized spacial score (nSPS) is 9.41. The van der Waals surface area contributed by atoms with Gasteiger partial charge in [-0.1, -0.05) is 11.6 Å². The van der Waals surface area contributed by atoms with Crippen molar-refractivity contribution in [3.8, 4) is 6.07 Å². The number of nitro benzene ring substituents is 1. The van der Waals surface area contributed by atoms with Gasteiger partial charge in [0.1, 0.15) is 5.56 Å². The van der Waals surface area contributed by atoms with E-state index in [1.807, 2.05) is 6.07 Å². The molecule has 1 aromatic carbocycles. The number of carbonyl (C=O) groups excluding carboxylic acids is 1. The zero-order valence-corrected chi connectivity index (χ0v) is 9.40. The van der Waals surface area contributed by atoms with Crippen LogP contribution in [0.15, 0.2) is 18.2 Å². The third-order valence-corrected chi connectivity index (χ3v) is 2.16. The number of carbonyl (C=O) groups is 1. The van der Waals surface area contributed by atoms with E-state index in [1.165, 1.54) is 18.2 Å². The minimum Gasteiger partial charge on any atom is -0.351 e. The first-order valence-electron chi connectivity index (χ1n) is 4.65. The maximum atomic E-state index is 11.6. The summed E-state index contributed by atoms with van der Waals surface area (Å²) in [6.07, 6.45) is 0.139. The number of benzene rings is 1. The highest BCUT2D eigenvalue weighted by molar-refractivity contribution is 6.31. The van der Waals surface area contributed by atoms with Gasteiger partial charge < -0.3 is 5.32 Å². The number of nitrogens with one attached hydrogen (secondary N) is 1. The van der Waals surface area contributed by atoms with Gasteiger partial charge in [0.2, 0.25) is 0 Å². The molecule has 1 aromatic rings. The molecule has 1 amide bonds. The van der Waals surface area contributed by atoms with Crippen LogP contribution in [0.25, 0.3) is 0 Å². The molecule has 17 heavy (non-hydrogen) atoms. The summed E-state index contributed by atoms with van der Waals surface area (Å²) in [7, 11) is 0. The Hall–Kier alpha value is -2.13. The average molecular weight is 254 g/mol. The van der Waals surface area contributed by atoms with E-state index in [4.69, 9.17) is 16.9 Å². The summed E-state index contributed by atoms with van der Waals surface area (Å²) in [5.41, 5.74) is -0.427. The van der Waals surface area contributed by atoms with Crippen LogP contribution in [-0.4, -0.2) is 17.4 Å². The molecule has 0 radical (unpaired) electrons. The van der Waals surface area contributed by atoms with Crippen molar-refractivity contribution in [2.45, 2.75) is 6.42 Å². The van der Waals surface area contributed by atoms with Crippen LogP contribution in [0.3, 0.4) is 0 Å². The lowest BCUT2D eigenvalue weighted by Gasteiger charge is -2.04. The summed E-state index contributed by atoms with van der Waals surface area (Å²) in [6, 6.07) is 5.58. The van der Waals surface area contributed by atoms with Crippen LogP contribution in [0, 0.1) is 21.4 Å². The molecule has 7 heteroatoms. The van der Waals surface area contributed by atoms with E-state index in [-0.39, 0.29) is 29.2 Å². The van der Waals surface area contributed by atoms with Crippen LogP contribution >= 0.6 is 11.6 Å². The zero-order valence-electron chi connectivity index (χ0n) is 8.64. The second-order valence-corrected chi connectivity index (χ2v) is 3.52. The summed E-state index contributed by atoms with van der Waals surface area (Å²) in [4.78, 5) is 21.7. The topological polar surface area (TPSA) is 96.0 Å². The lowest BCUT2D eigenvalue weighted by molar-refractivity contribution is -0.385. The lowest BCUT2D eigenvalue weighted by Crippen LogP contribution is -2.25. The molecule has 0 spiro atoms. The standard InChI is InChI=1S/C10H8ClN3O3/c11-7-2-3-9(14(16)17)8(6-7)10(15)13-5-1-4-12/h2-3,6H,1,5H2,(H,13,15). The van der Waals surface area contributed by atoms with Crippen LogP contribution in [-0.2, 0) is 0 Å². The molecule has 0 unspecified atom stereocenters. The first-order chi connectivity index (χ1) is 8.06. The van der Waals surface area contributed by atoms with Gasteiger partial charge in [-0.25, -0.2) is 0 Å². The zero-order chi connectivity index (χ0) is 12.8. The molecular formula is C10H8ClN3O3. The van der Waals surface area contributed by atoms with E-state index < -0.39 is 10.8 Å². The van der Waals surface area contributed by atoms with Gasteiger partial charge in [0.15, 0.2) is 0 Å². The Morgan fingerprint density at radius 2 is 2.29 bits per heavy atom. The molecule has 1 rings (SSSR count). The second-order valence-electron chi connectivity index (χ2n) is 3.08. The predicted molar refractivity (Wildman–Crippen MR) is 60.7 cm³/mol. The van der Waals surface area contributed by atoms with Gasteiger partial charge in [0.25, 0.3) is 11.6 Å². The molecule has 88 valence electrons. The minimum atomic E-state index is -0.657. The molecule has 0 saturated heterocycles. The summed E-state index contributed by atoms with van der Waals surface area (Å²) in [6.45, 7) is 0.138. The summed E-state index contributed by atoms with van der Waals surface area (Å²) in [5, 5.41) is 21.6. The molecule has 0 bridgehead atoms. The van der Waals surface area contributed by atoms with Crippen molar-refractivity contribution in [2.24, 2.45) is 0 Å². The third-order valence-electron chi connectivity index (χ3n) is 1.92. The molecule has 0 fully saturated rings. The largest absolute Gasteiger partial charge is 0.351 e. The van der Waals surface area contributed by atoms with E-state index >= 15 is 0 Å². The quantitative estimate of drug-likeness (QED) is 0.503. The number of amides is 1. The Morgan fingerprint density at radius 1 is 1.59 bits per heavy atom. The van der Waals surface area contributed by atoms with Crippen molar-refractivity contribution in [3.05, 3.63) is 38.9 Å². The molecule has 0 aliphatic carbocycles. The lowest BCUT2D eigenvalue weighted by atomic mass is 10.1. The predicted octanol–water partition coefficient (Wildman–Crippen LogP) is 1.89. The molecule has 0 atom stereocenters. The Labute approximate surface area is 102 Å². The first kappa shape index (κ1) is 12.9. The van der Waals surface area contributed by atoms with E-state index in [0.29, 0.717) is 0 Å². The van der Waals surface area contributed by atoms with E-state index in [9.17, 15) is 14.9 Å². The van der Waals surface area contributed by atoms with Crippen LogP contribution in [0.1, 0.15) is 16.8 Å². The average Bonchev–Trinajstić information content (AvgIpc) is 2.28. The van der Waals surface area contributed by atoms with Gasteiger partial charge in [-0.15, -0.1) is 0 Å². The van der Waals surface area contributed by atoms with Gasteiger partial charge in [-0.05, 0) is 12.1 Å². The Bertz CT molecular complexity index is 496. The van der Waals surface area contributed by atoms with Crippen molar-refractivity contribution < 1.29 is 9.72 Å². The van der Waals surface area contributed by atoms with Crippen LogP contribution in [0.2, 0.25) is 5.02 Å². The maximum Gasteiger partial charge on any atom is 0.282 e. The number of nitriles is 1. The number of halogens is 1. The van der Waals surface area contributed by atoms with E-state index in [1.54, 1.807) is 0 Å². The fourth-order valence-electron chi connectivity index (χ4n) is 1.18. The van der Waals surface area contributed by atoms with E-state index in [2.05, 4.69) is 5.32 Å². The number of nitro groups is 1. The van der Waals surface area contributed by atoms with Gasteiger partial charge in [-0.3, -0.25) is 14.9 Å². The molecule has 6 nitrogen and oxygen atoms in total. The molecule has 0 aliphatic heterocycles. The van der Waals surface area contributed by atoms with E-state index in [0.717, 1.165) is 0 Å². The number of rotatable bonds is 4. The summed E-state index contributed by atoms with van der Waals surface area (Å²) < 4.78 is 0. The Morgan fingerprint density at radius 3 is 2.88 bits per heavy atom. The molecule has 0 saturated carbocycles. The highest BCUT2D eigenvalue weighted by Gasteiger charge is 2.19. The van der Waals surface area contributed by atoms with Gasteiger partial charge in [-0.2, -0.15) is 5.26 Å². The number of hydrogen-bond acceptors (Lipinski definition) is 4. The highest BCUT2D eigenvalue weighted by Crippen LogP contribution is 2.22. The SMILES string of the molecule is N#CCCNC(=O)c1cc(Cl)ccc1[N+](=O)[O-]. The maximum absolute atomic E-state index is 11.6. The number of nitrogens with zero attached hydrogens (tertiary/aromatic N) is 2. The van der Waals surface area contributed by atoms with Crippen molar-refractivity contribution in [1.29, 1.82) is 5.26 Å². The fraction of sp³-hybridized carbons (Fsp3) is 0.200. The smallest absolute Gasteiger partial charge is 0.282 e. The van der Waals surface area contributed by atoms with Crippen LogP contribution < -0.4 is 5.32 Å². The Kier molecular flexibility index (Phi) is 4.43. The summed E-state index contributed by atoms with van der Waals surface area (Å²) in [5.74, 6) is -0.616. The van der Waals surface area contributed by atoms with Gasteiger partial charge >= 0.3 is 0 Å². The van der Waals surface area contributed by atoms with Gasteiger partial charge in [0, 0.05) is 17.6 Å². The monoisotopic (exact) mass is 253 g/mol. The van der Waals surface area contributed by atoms with Crippen LogP contribution in [0.4, 0.5) is 5.69 Å². The molecule has 0 aliphatic rings. The molecule has 1 N–H and O–H groups in total. The number of hydrogen-bond donors (Lipinski definition) is 1. The van der Waals surface area contributed by atoms with Crippen molar-refractivity contribution in [1.82, 2.24) is 5.32 Å². The van der Waals surface area contributed by atoms with Gasteiger partial charge in [0.05, 0.1) is 17.4 Å². The van der Waals surface area contributed by atoms with Crippen molar-refractivity contribution in [2.75, 3.05) is 6.54 Å². The highest BCUT2D eigenvalue weighted by atomic mass is 35.5. The van der Waals surface area contributed by atoms with Crippen molar-refractivity contribution >= 4 is 23.2 Å². The molecule has 0 aromatic heterocycles. The second kappa shape index (κ2) is 5.82. The summed E-state index contributed by atoms with van der Waals surface area (Å²) >= 11 is 5.67. The molecular weight excluding hydrogens is 246 g/mol. The fourth-order valence-corrected chi connectivity index (χ4v) is 1.35. The minimum absolute atomic E-state index is 0.111. The van der Waals surface area contributed by atoms with Crippen LogP contribution in [0.5, 0.6) is 0 Å². The first-order valence-corrected chi connectivity index (χ1v) is 5.03. The Balaban J connectivity index is 2.95. The molecule has 0 heterocycles. The third kappa shape index (κ3) is 3.43. The van der Waals surface area contributed by atoms with Crippen molar-refractivity contribution in [3.63, 3.8) is 0 Å².